The zero-order valence-corrected chi connectivity index (χ0v) is 18.8. The van der Waals surface area contributed by atoms with Gasteiger partial charge < -0.3 is 9.64 Å². The molecule has 1 heterocycles. The van der Waals surface area contributed by atoms with Crippen LogP contribution in [0.3, 0.4) is 0 Å². The third kappa shape index (κ3) is 4.53. The van der Waals surface area contributed by atoms with Crippen molar-refractivity contribution in [3.8, 4) is 22.8 Å². The minimum Gasteiger partial charge on any atom is -0.496 e. The van der Waals surface area contributed by atoms with E-state index in [1.165, 1.54) is 11.8 Å². The van der Waals surface area contributed by atoms with Crippen molar-refractivity contribution in [3.63, 3.8) is 0 Å². The van der Waals surface area contributed by atoms with E-state index < -0.39 is 0 Å². The second-order valence-electron chi connectivity index (χ2n) is 6.94. The molecule has 0 aliphatic rings. The van der Waals surface area contributed by atoms with E-state index in [1.54, 1.807) is 12.0 Å². The minimum absolute atomic E-state index is 0.0187. The maximum atomic E-state index is 13.0. The van der Waals surface area contributed by atoms with Crippen LogP contribution in [0.15, 0.2) is 90.1 Å². The van der Waals surface area contributed by atoms with Crippen LogP contribution in [0.5, 0.6) is 5.75 Å². The molecule has 6 nitrogen and oxygen atoms in total. The lowest BCUT2D eigenvalue weighted by Crippen LogP contribution is -2.32. The van der Waals surface area contributed by atoms with Crippen LogP contribution >= 0.6 is 11.8 Å². The SMILES string of the molecule is CCN(C(=O)CSc1nnc(-c2ccccc2OC)n1-c1ccccc1)c1ccccc1. The highest BCUT2D eigenvalue weighted by Crippen LogP contribution is 2.33. The summed E-state index contributed by atoms with van der Waals surface area (Å²) >= 11 is 1.37. The molecule has 0 N–H and O–H groups in total. The Morgan fingerprint density at radius 2 is 1.59 bits per heavy atom. The number of rotatable bonds is 8. The van der Waals surface area contributed by atoms with E-state index in [0.29, 0.717) is 23.3 Å². The Labute approximate surface area is 191 Å². The van der Waals surface area contributed by atoms with Gasteiger partial charge in [0, 0.05) is 17.9 Å². The average Bonchev–Trinajstić information content (AvgIpc) is 3.28. The Balaban J connectivity index is 1.66. The highest BCUT2D eigenvalue weighted by molar-refractivity contribution is 7.99. The minimum atomic E-state index is 0.0187. The van der Waals surface area contributed by atoms with Gasteiger partial charge in [-0.05, 0) is 43.3 Å². The molecule has 0 fully saturated rings. The zero-order chi connectivity index (χ0) is 22.3. The van der Waals surface area contributed by atoms with Crippen LogP contribution in [0.4, 0.5) is 5.69 Å². The molecule has 4 rings (SSSR count). The third-order valence-electron chi connectivity index (χ3n) is 5.01. The summed E-state index contributed by atoms with van der Waals surface area (Å²) in [6.45, 7) is 2.57. The van der Waals surface area contributed by atoms with Crippen molar-refractivity contribution in [1.82, 2.24) is 14.8 Å². The third-order valence-corrected chi connectivity index (χ3v) is 5.92. The molecule has 1 amide bonds. The number of nitrogens with zero attached hydrogens (tertiary/aromatic N) is 4. The van der Waals surface area contributed by atoms with Gasteiger partial charge in [0.1, 0.15) is 5.75 Å². The molecule has 0 saturated heterocycles. The molecule has 4 aromatic rings. The van der Waals surface area contributed by atoms with Gasteiger partial charge in [-0.3, -0.25) is 9.36 Å². The summed E-state index contributed by atoms with van der Waals surface area (Å²) < 4.78 is 7.51. The summed E-state index contributed by atoms with van der Waals surface area (Å²) in [5.74, 6) is 1.65. The van der Waals surface area contributed by atoms with E-state index >= 15 is 0 Å². The van der Waals surface area contributed by atoms with Crippen molar-refractivity contribution in [2.45, 2.75) is 12.1 Å². The van der Waals surface area contributed by atoms with Crippen LogP contribution in [0, 0.1) is 0 Å². The van der Waals surface area contributed by atoms with Gasteiger partial charge in [-0.2, -0.15) is 0 Å². The van der Waals surface area contributed by atoms with Crippen LogP contribution in [-0.4, -0.2) is 40.1 Å². The second-order valence-corrected chi connectivity index (χ2v) is 7.88. The number of para-hydroxylation sites is 3. The maximum absolute atomic E-state index is 13.0. The maximum Gasteiger partial charge on any atom is 0.237 e. The summed E-state index contributed by atoms with van der Waals surface area (Å²) in [7, 11) is 1.64. The van der Waals surface area contributed by atoms with Crippen LogP contribution < -0.4 is 9.64 Å². The monoisotopic (exact) mass is 444 g/mol. The van der Waals surface area contributed by atoms with Crippen molar-refractivity contribution in [3.05, 3.63) is 84.9 Å². The number of hydrogen-bond acceptors (Lipinski definition) is 5. The molecule has 0 unspecified atom stereocenters. The standard InChI is InChI=1S/C25H24N4O2S/c1-3-28(19-12-6-4-7-13-19)23(30)18-32-25-27-26-24(21-16-10-11-17-22(21)31-2)29(25)20-14-8-5-9-15-20/h4-17H,3,18H2,1-2H3. The molecule has 0 spiro atoms. The van der Waals surface area contributed by atoms with E-state index in [2.05, 4.69) is 10.2 Å². The van der Waals surface area contributed by atoms with Crippen molar-refractivity contribution < 1.29 is 9.53 Å². The van der Waals surface area contributed by atoms with Gasteiger partial charge in [0.15, 0.2) is 11.0 Å². The summed E-state index contributed by atoms with van der Waals surface area (Å²) in [6, 6.07) is 27.3. The molecule has 162 valence electrons. The van der Waals surface area contributed by atoms with Crippen molar-refractivity contribution >= 4 is 23.4 Å². The van der Waals surface area contributed by atoms with Gasteiger partial charge in [0.2, 0.25) is 5.91 Å². The Morgan fingerprint density at radius 3 is 2.28 bits per heavy atom. The van der Waals surface area contributed by atoms with Crippen molar-refractivity contribution in [2.75, 3.05) is 24.3 Å². The van der Waals surface area contributed by atoms with E-state index in [1.807, 2.05) is 96.4 Å². The largest absolute Gasteiger partial charge is 0.496 e. The number of amides is 1. The molecule has 0 bridgehead atoms. The number of hydrogen-bond donors (Lipinski definition) is 0. The first-order chi connectivity index (χ1) is 15.7. The highest BCUT2D eigenvalue weighted by atomic mass is 32.2. The molecule has 0 atom stereocenters. The number of ether oxygens (including phenoxy) is 1. The second kappa shape index (κ2) is 10.2. The molecular formula is C25H24N4O2S. The van der Waals surface area contributed by atoms with Gasteiger partial charge >= 0.3 is 0 Å². The Hall–Kier alpha value is -3.58. The van der Waals surface area contributed by atoms with Gasteiger partial charge in [-0.25, -0.2) is 0 Å². The molecule has 0 aliphatic heterocycles. The normalized spacial score (nSPS) is 10.7. The van der Waals surface area contributed by atoms with E-state index in [4.69, 9.17) is 4.74 Å². The number of aromatic nitrogens is 3. The van der Waals surface area contributed by atoms with Crippen LogP contribution in [0.1, 0.15) is 6.92 Å². The lowest BCUT2D eigenvalue weighted by Gasteiger charge is -2.20. The Kier molecular flexibility index (Phi) is 6.87. The van der Waals surface area contributed by atoms with Crippen molar-refractivity contribution in [1.29, 1.82) is 0 Å². The van der Waals surface area contributed by atoms with E-state index in [-0.39, 0.29) is 11.7 Å². The van der Waals surface area contributed by atoms with Crippen LogP contribution in [0.25, 0.3) is 17.1 Å². The average molecular weight is 445 g/mol. The topological polar surface area (TPSA) is 60.3 Å². The van der Waals surface area contributed by atoms with Crippen molar-refractivity contribution in [2.24, 2.45) is 0 Å². The lowest BCUT2D eigenvalue weighted by atomic mass is 10.2. The molecule has 7 heteroatoms. The summed E-state index contributed by atoms with van der Waals surface area (Å²) in [6.07, 6.45) is 0. The predicted molar refractivity (Wildman–Crippen MR) is 129 cm³/mol. The molecule has 1 aromatic heterocycles. The Morgan fingerprint density at radius 1 is 0.938 bits per heavy atom. The lowest BCUT2D eigenvalue weighted by molar-refractivity contribution is -0.116. The number of carbonyl (C=O) groups excluding carboxylic acids is 1. The highest BCUT2D eigenvalue weighted by Gasteiger charge is 2.21. The smallest absolute Gasteiger partial charge is 0.237 e. The number of anilines is 1. The molecule has 3 aromatic carbocycles. The van der Waals surface area contributed by atoms with Gasteiger partial charge in [-0.1, -0.05) is 60.3 Å². The molecule has 0 radical (unpaired) electrons. The first kappa shape index (κ1) is 21.6. The zero-order valence-electron chi connectivity index (χ0n) is 18.0. The quantitative estimate of drug-likeness (QED) is 0.354. The number of methoxy groups -OCH3 is 1. The van der Waals surface area contributed by atoms with Gasteiger partial charge in [0.25, 0.3) is 0 Å². The molecule has 32 heavy (non-hydrogen) atoms. The Bertz CT molecular complexity index is 1180. The first-order valence-electron chi connectivity index (χ1n) is 10.4. The summed E-state index contributed by atoms with van der Waals surface area (Å²) in [5, 5.41) is 9.53. The molecule has 0 saturated carbocycles. The molecule has 0 aliphatic carbocycles. The first-order valence-corrected chi connectivity index (χ1v) is 11.3. The fourth-order valence-electron chi connectivity index (χ4n) is 3.49. The number of thioether (sulfide) groups is 1. The van der Waals surface area contributed by atoms with E-state index in [9.17, 15) is 4.79 Å². The number of benzene rings is 3. The van der Waals surface area contributed by atoms with Crippen LogP contribution in [-0.2, 0) is 4.79 Å². The van der Waals surface area contributed by atoms with Gasteiger partial charge in [-0.15, -0.1) is 10.2 Å². The number of carbonyl (C=O) groups is 1. The predicted octanol–water partition coefficient (Wildman–Crippen LogP) is 5.09. The summed E-state index contributed by atoms with van der Waals surface area (Å²) in [5.41, 5.74) is 2.65. The van der Waals surface area contributed by atoms with E-state index in [0.717, 1.165) is 16.9 Å². The fourth-order valence-corrected chi connectivity index (χ4v) is 4.32. The molecular weight excluding hydrogens is 420 g/mol. The summed E-state index contributed by atoms with van der Waals surface area (Å²) in [4.78, 5) is 14.8. The van der Waals surface area contributed by atoms with Gasteiger partial charge in [0.05, 0.1) is 18.4 Å². The van der Waals surface area contributed by atoms with Crippen LogP contribution in [0.2, 0.25) is 0 Å². The fraction of sp³-hybridized carbons (Fsp3) is 0.160.